The van der Waals surface area contributed by atoms with Crippen molar-refractivity contribution < 1.29 is 18.8 Å². The molecule has 6 heteroatoms. The molecule has 0 unspecified atom stereocenters. The number of nitrogens with zero attached hydrogens (tertiary/aromatic N) is 1. The molecule has 3 aromatic rings. The average Bonchev–Trinajstić information content (AvgIpc) is 3.39. The summed E-state index contributed by atoms with van der Waals surface area (Å²) in [6, 6.07) is 18.8. The van der Waals surface area contributed by atoms with Crippen LogP contribution in [0.25, 0.3) is 0 Å². The summed E-state index contributed by atoms with van der Waals surface area (Å²) in [5, 5.41) is 4.04. The van der Waals surface area contributed by atoms with Gasteiger partial charge < -0.3 is 14.6 Å². The Hall–Kier alpha value is -3.54. The molecular weight excluding hydrogens is 452 g/mol. The van der Waals surface area contributed by atoms with Crippen LogP contribution in [0.2, 0.25) is 0 Å². The lowest BCUT2D eigenvalue weighted by Crippen LogP contribution is -2.48. The van der Waals surface area contributed by atoms with Crippen LogP contribution >= 0.6 is 0 Å². The molecule has 4 aliphatic rings. The van der Waals surface area contributed by atoms with E-state index in [1.54, 1.807) is 42.7 Å². The fraction of sp³-hybridized carbons (Fsp3) is 0.400. The number of carbonyl (C=O) groups excluding carboxylic acids is 2. The van der Waals surface area contributed by atoms with Gasteiger partial charge in [0.15, 0.2) is 5.75 Å². The maximum Gasteiger partial charge on any atom is 0.256 e. The molecule has 4 fully saturated rings. The summed E-state index contributed by atoms with van der Waals surface area (Å²) in [5.74, 6) is 3.26. The first-order valence-electron chi connectivity index (χ1n) is 13.0. The fourth-order valence-electron chi connectivity index (χ4n) is 7.24. The molecule has 186 valence electrons. The van der Waals surface area contributed by atoms with Crippen molar-refractivity contribution in [3.05, 3.63) is 83.8 Å². The third-order valence-electron chi connectivity index (χ3n) is 8.36. The highest BCUT2D eigenvalue weighted by Crippen LogP contribution is 2.60. The quantitative estimate of drug-likeness (QED) is 0.416. The van der Waals surface area contributed by atoms with Crippen LogP contribution in [-0.2, 0) is 16.8 Å². The Labute approximate surface area is 211 Å². The molecule has 4 bridgehead atoms. The van der Waals surface area contributed by atoms with Gasteiger partial charge in [0.05, 0.1) is 24.1 Å². The van der Waals surface area contributed by atoms with Gasteiger partial charge in [0.1, 0.15) is 5.76 Å². The zero-order chi connectivity index (χ0) is 24.7. The predicted octanol–water partition coefficient (Wildman–Crippen LogP) is 6.02. The molecular formula is C30H32N2O4. The summed E-state index contributed by atoms with van der Waals surface area (Å²) < 4.78 is 5.30. The van der Waals surface area contributed by atoms with E-state index in [-0.39, 0.29) is 18.4 Å². The number of carbonyl (C=O) groups is 2. The molecule has 1 N–H and O–H groups in total. The number of rotatable bonds is 7. The van der Waals surface area contributed by atoms with Crippen LogP contribution in [0.4, 0.5) is 5.69 Å². The minimum Gasteiger partial charge on any atom is -0.467 e. The van der Waals surface area contributed by atoms with Gasteiger partial charge in [-0.15, -0.1) is 5.06 Å². The Kier molecular flexibility index (Phi) is 5.82. The molecule has 0 aliphatic heterocycles. The molecule has 36 heavy (non-hydrogen) atoms. The van der Waals surface area contributed by atoms with E-state index in [0.29, 0.717) is 28.2 Å². The van der Waals surface area contributed by atoms with Crippen molar-refractivity contribution in [3.8, 4) is 5.75 Å². The number of furan rings is 1. The van der Waals surface area contributed by atoms with Crippen molar-refractivity contribution in [1.29, 1.82) is 0 Å². The van der Waals surface area contributed by atoms with Crippen LogP contribution in [0.1, 0.15) is 67.1 Å². The van der Waals surface area contributed by atoms with E-state index in [4.69, 9.17) is 9.25 Å². The number of hydrogen-bond acceptors (Lipinski definition) is 4. The molecule has 0 saturated heterocycles. The largest absolute Gasteiger partial charge is 0.467 e. The molecule has 1 aromatic heterocycles. The molecule has 6 nitrogen and oxygen atoms in total. The Morgan fingerprint density at radius 2 is 1.61 bits per heavy atom. The third kappa shape index (κ3) is 4.29. The summed E-state index contributed by atoms with van der Waals surface area (Å²) in [4.78, 5) is 31.6. The maximum atomic E-state index is 12.9. The maximum absolute atomic E-state index is 12.9. The van der Waals surface area contributed by atoms with E-state index in [9.17, 15) is 9.59 Å². The SMILES string of the molecule is CC(=O)N(Oc1ccc(C23CC4CC(CC(C4)C2)C3)cc1)c1ccccc1C(=O)NCc1ccco1. The second-order valence-corrected chi connectivity index (χ2v) is 10.9. The number of amides is 2. The van der Waals surface area contributed by atoms with E-state index >= 15 is 0 Å². The van der Waals surface area contributed by atoms with Gasteiger partial charge in [-0.25, -0.2) is 0 Å². The van der Waals surface area contributed by atoms with Crippen molar-refractivity contribution in [1.82, 2.24) is 5.32 Å². The lowest BCUT2D eigenvalue weighted by Gasteiger charge is -2.57. The summed E-state index contributed by atoms with van der Waals surface area (Å²) in [5.41, 5.74) is 2.46. The summed E-state index contributed by atoms with van der Waals surface area (Å²) >= 11 is 0. The number of hydrogen-bond donors (Lipinski definition) is 1. The fourth-order valence-corrected chi connectivity index (χ4v) is 7.24. The summed E-state index contributed by atoms with van der Waals surface area (Å²) in [6.45, 7) is 1.69. The Balaban J connectivity index is 1.20. The Bertz CT molecular complexity index is 1210. The topological polar surface area (TPSA) is 71.8 Å². The van der Waals surface area contributed by atoms with Crippen molar-refractivity contribution in [2.45, 2.75) is 57.4 Å². The van der Waals surface area contributed by atoms with Gasteiger partial charge >= 0.3 is 0 Å². The molecule has 0 atom stereocenters. The van der Waals surface area contributed by atoms with Gasteiger partial charge in [0.25, 0.3) is 11.8 Å². The van der Waals surface area contributed by atoms with Gasteiger partial charge in [0, 0.05) is 6.92 Å². The van der Waals surface area contributed by atoms with Crippen LogP contribution in [0.3, 0.4) is 0 Å². The predicted molar refractivity (Wildman–Crippen MR) is 136 cm³/mol. The molecule has 4 saturated carbocycles. The third-order valence-corrected chi connectivity index (χ3v) is 8.36. The van der Waals surface area contributed by atoms with Crippen molar-refractivity contribution in [3.63, 3.8) is 0 Å². The zero-order valence-electron chi connectivity index (χ0n) is 20.6. The summed E-state index contributed by atoms with van der Waals surface area (Å²) in [7, 11) is 0. The monoisotopic (exact) mass is 484 g/mol. The second kappa shape index (κ2) is 9.16. The van der Waals surface area contributed by atoms with Crippen LogP contribution < -0.4 is 15.2 Å². The highest BCUT2D eigenvalue weighted by atomic mass is 16.7. The first-order chi connectivity index (χ1) is 17.5. The van der Waals surface area contributed by atoms with Crippen LogP contribution in [0, 0.1) is 17.8 Å². The highest BCUT2D eigenvalue weighted by molar-refractivity contribution is 6.03. The van der Waals surface area contributed by atoms with Gasteiger partial charge in [-0.2, -0.15) is 0 Å². The molecule has 2 aromatic carbocycles. The molecule has 7 rings (SSSR count). The van der Waals surface area contributed by atoms with Crippen molar-refractivity contribution >= 4 is 17.5 Å². The molecule has 2 amide bonds. The van der Waals surface area contributed by atoms with Crippen LogP contribution in [0.15, 0.2) is 71.3 Å². The minimum absolute atomic E-state index is 0.257. The van der Waals surface area contributed by atoms with Crippen molar-refractivity contribution in [2.24, 2.45) is 17.8 Å². The normalized spacial score (nSPS) is 26.0. The minimum atomic E-state index is -0.313. The first kappa shape index (κ1) is 22.9. The summed E-state index contributed by atoms with van der Waals surface area (Å²) in [6.07, 6.45) is 9.74. The number of benzene rings is 2. The number of nitrogens with one attached hydrogen (secondary N) is 1. The van der Waals surface area contributed by atoms with Gasteiger partial charge in [-0.3, -0.25) is 9.59 Å². The number of hydroxylamine groups is 1. The van der Waals surface area contributed by atoms with Crippen LogP contribution in [0.5, 0.6) is 5.75 Å². The second-order valence-electron chi connectivity index (χ2n) is 10.9. The lowest BCUT2D eigenvalue weighted by molar-refractivity contribution is -0.120. The van der Waals surface area contributed by atoms with Gasteiger partial charge in [0.2, 0.25) is 0 Å². The Morgan fingerprint density at radius 3 is 2.22 bits per heavy atom. The van der Waals surface area contributed by atoms with E-state index < -0.39 is 0 Å². The standard InChI is InChI=1S/C30H32N2O4/c1-20(33)32(28-7-3-2-6-27(28)29(34)31-19-26-5-4-12-35-26)36-25-10-8-24(9-11-25)30-16-21-13-22(17-30)15-23(14-21)18-30/h2-12,21-23H,13-19H2,1H3,(H,31,34). The number of anilines is 1. The van der Waals surface area contributed by atoms with E-state index in [1.165, 1.54) is 56.1 Å². The number of para-hydroxylation sites is 1. The van der Waals surface area contributed by atoms with E-state index in [2.05, 4.69) is 17.4 Å². The van der Waals surface area contributed by atoms with E-state index in [0.717, 1.165) is 17.8 Å². The van der Waals surface area contributed by atoms with Crippen molar-refractivity contribution in [2.75, 3.05) is 5.06 Å². The molecule has 0 radical (unpaired) electrons. The van der Waals surface area contributed by atoms with Gasteiger partial charge in [-0.05, 0) is 104 Å². The first-order valence-corrected chi connectivity index (χ1v) is 13.0. The highest BCUT2D eigenvalue weighted by Gasteiger charge is 2.51. The van der Waals surface area contributed by atoms with Gasteiger partial charge in [-0.1, -0.05) is 24.3 Å². The molecule has 1 heterocycles. The zero-order valence-corrected chi connectivity index (χ0v) is 20.6. The average molecular weight is 485 g/mol. The lowest BCUT2D eigenvalue weighted by atomic mass is 9.48. The molecule has 0 spiro atoms. The Morgan fingerprint density at radius 1 is 0.944 bits per heavy atom. The smallest absolute Gasteiger partial charge is 0.256 e. The van der Waals surface area contributed by atoms with E-state index in [1.807, 2.05) is 12.1 Å². The van der Waals surface area contributed by atoms with Crippen LogP contribution in [-0.4, -0.2) is 11.8 Å². The molecule has 4 aliphatic carbocycles.